The minimum Gasteiger partial charge on any atom is -0.364 e. The molecule has 3 aromatic heterocycles. The Morgan fingerprint density at radius 3 is 2.96 bits per heavy atom. The van der Waals surface area contributed by atoms with E-state index in [-0.39, 0.29) is 5.82 Å². The minimum atomic E-state index is -0.347. The van der Waals surface area contributed by atoms with Gasteiger partial charge >= 0.3 is 0 Å². The van der Waals surface area contributed by atoms with E-state index in [1.165, 1.54) is 34.9 Å². The number of thiazole rings is 1. The normalized spacial score (nSPS) is 14.0. The average molecular weight is 366 g/mol. The zero-order valence-electron chi connectivity index (χ0n) is 13.8. The average Bonchev–Trinajstić information content (AvgIpc) is 3.25. The van der Waals surface area contributed by atoms with E-state index in [0.717, 1.165) is 11.1 Å². The number of anilines is 1. The summed E-state index contributed by atoms with van der Waals surface area (Å²) in [5, 5.41) is 11.7. The van der Waals surface area contributed by atoms with Crippen molar-refractivity contribution in [3.63, 3.8) is 0 Å². The molecule has 0 aliphatic heterocycles. The molecule has 0 amide bonds. The lowest BCUT2D eigenvalue weighted by Crippen LogP contribution is -2.04. The van der Waals surface area contributed by atoms with E-state index < -0.39 is 0 Å². The van der Waals surface area contributed by atoms with Crippen LogP contribution in [0.3, 0.4) is 0 Å². The van der Waals surface area contributed by atoms with Gasteiger partial charge in [0.15, 0.2) is 5.65 Å². The Hall–Kier alpha value is -2.87. The van der Waals surface area contributed by atoms with Crippen LogP contribution in [0.4, 0.5) is 10.2 Å². The zero-order valence-corrected chi connectivity index (χ0v) is 14.6. The Morgan fingerprint density at radius 2 is 2.12 bits per heavy atom. The SMILES string of the molecule is Fc1ccccc1-n1ncc2c(NCc3csc(C4CC4)n3)ncnc21. The monoisotopic (exact) mass is 366 g/mol. The van der Waals surface area contributed by atoms with Crippen LogP contribution in [0.5, 0.6) is 0 Å². The summed E-state index contributed by atoms with van der Waals surface area (Å²) in [6, 6.07) is 6.50. The van der Waals surface area contributed by atoms with E-state index in [0.29, 0.717) is 29.6 Å². The van der Waals surface area contributed by atoms with E-state index in [1.54, 1.807) is 35.7 Å². The van der Waals surface area contributed by atoms with Crippen molar-refractivity contribution in [1.82, 2.24) is 24.7 Å². The van der Waals surface area contributed by atoms with E-state index in [9.17, 15) is 4.39 Å². The summed E-state index contributed by atoms with van der Waals surface area (Å²) < 4.78 is 15.6. The number of aromatic nitrogens is 5. The Kier molecular flexibility index (Phi) is 3.63. The van der Waals surface area contributed by atoms with Gasteiger partial charge < -0.3 is 5.32 Å². The van der Waals surface area contributed by atoms with Crippen LogP contribution in [0, 0.1) is 5.82 Å². The summed E-state index contributed by atoms with van der Waals surface area (Å²) >= 11 is 1.72. The van der Waals surface area contributed by atoms with Crippen LogP contribution in [0.1, 0.15) is 29.5 Å². The highest BCUT2D eigenvalue weighted by atomic mass is 32.1. The van der Waals surface area contributed by atoms with E-state index in [4.69, 9.17) is 0 Å². The van der Waals surface area contributed by atoms with Gasteiger partial charge in [-0.3, -0.25) is 0 Å². The standard InChI is InChI=1S/C18H15FN6S/c19-14-3-1-2-4-15(14)25-17-13(8-23-25)16(21-10-22-17)20-7-12-9-26-18(24-12)11-5-6-11/h1-4,8-11H,5-7H2,(H,20,21,22). The Balaban J connectivity index is 1.44. The molecule has 0 saturated heterocycles. The number of fused-ring (bicyclic) bond motifs is 1. The second-order valence-electron chi connectivity index (χ2n) is 6.27. The molecule has 8 heteroatoms. The number of nitrogens with zero attached hydrogens (tertiary/aromatic N) is 5. The van der Waals surface area contributed by atoms with Gasteiger partial charge in [-0.15, -0.1) is 11.3 Å². The number of benzene rings is 1. The van der Waals surface area contributed by atoms with Gasteiger partial charge in [-0.05, 0) is 25.0 Å². The molecule has 6 nitrogen and oxygen atoms in total. The van der Waals surface area contributed by atoms with Gasteiger partial charge in [0.05, 0.1) is 28.8 Å². The summed E-state index contributed by atoms with van der Waals surface area (Å²) in [7, 11) is 0. The molecule has 130 valence electrons. The maximum Gasteiger partial charge on any atom is 0.168 e. The third-order valence-electron chi connectivity index (χ3n) is 4.38. The third-order valence-corrected chi connectivity index (χ3v) is 5.44. The van der Waals surface area contributed by atoms with Crippen LogP contribution >= 0.6 is 11.3 Å². The predicted molar refractivity (Wildman–Crippen MR) is 98.0 cm³/mol. The van der Waals surface area contributed by atoms with Gasteiger partial charge in [-0.1, -0.05) is 12.1 Å². The second-order valence-corrected chi connectivity index (χ2v) is 7.16. The van der Waals surface area contributed by atoms with Crippen LogP contribution in [0.2, 0.25) is 0 Å². The topological polar surface area (TPSA) is 68.5 Å². The van der Waals surface area contributed by atoms with E-state index in [2.05, 4.69) is 30.7 Å². The highest BCUT2D eigenvalue weighted by Gasteiger charge is 2.26. The highest BCUT2D eigenvalue weighted by molar-refractivity contribution is 7.09. The Morgan fingerprint density at radius 1 is 1.23 bits per heavy atom. The fourth-order valence-corrected chi connectivity index (χ4v) is 3.87. The molecule has 1 N–H and O–H groups in total. The number of para-hydroxylation sites is 1. The maximum atomic E-state index is 14.1. The van der Waals surface area contributed by atoms with Crippen LogP contribution < -0.4 is 5.32 Å². The fraction of sp³-hybridized carbons (Fsp3) is 0.222. The molecule has 26 heavy (non-hydrogen) atoms. The molecular weight excluding hydrogens is 351 g/mol. The molecular formula is C18H15FN6S. The molecule has 0 atom stereocenters. The number of hydrogen-bond donors (Lipinski definition) is 1. The summed E-state index contributed by atoms with van der Waals surface area (Å²) in [5.74, 6) is 0.984. The van der Waals surface area contributed by atoms with Crippen molar-refractivity contribution in [3.05, 3.63) is 58.7 Å². The molecule has 3 heterocycles. The van der Waals surface area contributed by atoms with Crippen molar-refractivity contribution in [1.29, 1.82) is 0 Å². The molecule has 1 fully saturated rings. The first-order valence-electron chi connectivity index (χ1n) is 8.41. The van der Waals surface area contributed by atoms with Gasteiger partial charge in [0, 0.05) is 11.3 Å². The second kappa shape index (κ2) is 6.14. The first-order valence-corrected chi connectivity index (χ1v) is 9.29. The van der Waals surface area contributed by atoms with Crippen molar-refractivity contribution in [2.24, 2.45) is 0 Å². The number of rotatable bonds is 5. The molecule has 1 aromatic carbocycles. The van der Waals surface area contributed by atoms with E-state index >= 15 is 0 Å². The van der Waals surface area contributed by atoms with Crippen molar-refractivity contribution >= 4 is 28.2 Å². The smallest absolute Gasteiger partial charge is 0.168 e. The number of hydrogen-bond acceptors (Lipinski definition) is 6. The van der Waals surface area contributed by atoms with Crippen LogP contribution in [0.25, 0.3) is 16.7 Å². The quantitative estimate of drug-likeness (QED) is 0.580. The number of nitrogens with one attached hydrogen (secondary N) is 1. The summed E-state index contributed by atoms with van der Waals surface area (Å²) in [5.41, 5.74) is 1.93. The lowest BCUT2D eigenvalue weighted by molar-refractivity contribution is 0.612. The van der Waals surface area contributed by atoms with Crippen molar-refractivity contribution in [2.45, 2.75) is 25.3 Å². The van der Waals surface area contributed by atoms with Crippen LogP contribution in [-0.4, -0.2) is 24.7 Å². The zero-order chi connectivity index (χ0) is 17.5. The Labute approximate surface area is 152 Å². The van der Waals surface area contributed by atoms with Crippen molar-refractivity contribution in [2.75, 3.05) is 5.32 Å². The highest BCUT2D eigenvalue weighted by Crippen LogP contribution is 2.41. The largest absolute Gasteiger partial charge is 0.364 e. The molecule has 0 unspecified atom stereocenters. The fourth-order valence-electron chi connectivity index (χ4n) is 2.88. The van der Waals surface area contributed by atoms with Crippen LogP contribution in [-0.2, 0) is 6.54 Å². The van der Waals surface area contributed by atoms with Crippen molar-refractivity contribution < 1.29 is 4.39 Å². The summed E-state index contributed by atoms with van der Waals surface area (Å²) in [4.78, 5) is 13.3. The van der Waals surface area contributed by atoms with Gasteiger partial charge in [-0.2, -0.15) is 5.10 Å². The lowest BCUT2D eigenvalue weighted by atomic mass is 10.3. The van der Waals surface area contributed by atoms with Crippen molar-refractivity contribution in [3.8, 4) is 5.69 Å². The molecule has 1 saturated carbocycles. The predicted octanol–water partition coefficient (Wildman–Crippen LogP) is 3.90. The van der Waals surface area contributed by atoms with Gasteiger partial charge in [0.1, 0.15) is 23.6 Å². The first kappa shape index (κ1) is 15.4. The third kappa shape index (κ3) is 2.72. The Bertz CT molecular complexity index is 1080. The maximum absolute atomic E-state index is 14.1. The molecule has 4 aromatic rings. The van der Waals surface area contributed by atoms with Gasteiger partial charge in [0.25, 0.3) is 0 Å². The molecule has 0 radical (unpaired) electrons. The van der Waals surface area contributed by atoms with E-state index in [1.807, 2.05) is 0 Å². The van der Waals surface area contributed by atoms with Crippen LogP contribution in [0.15, 0.2) is 42.2 Å². The summed E-state index contributed by atoms with van der Waals surface area (Å²) in [6.07, 6.45) is 5.62. The molecule has 0 bridgehead atoms. The molecule has 0 spiro atoms. The molecule has 1 aliphatic carbocycles. The van der Waals surface area contributed by atoms with Gasteiger partial charge in [0.2, 0.25) is 0 Å². The van der Waals surface area contributed by atoms with Gasteiger partial charge in [-0.25, -0.2) is 24.0 Å². The molecule has 1 aliphatic rings. The summed E-state index contributed by atoms with van der Waals surface area (Å²) in [6.45, 7) is 0.584. The minimum absolute atomic E-state index is 0.347. The molecule has 5 rings (SSSR count). The number of halogens is 1. The first-order chi connectivity index (χ1) is 12.8. The lowest BCUT2D eigenvalue weighted by Gasteiger charge is -2.06.